The van der Waals surface area contributed by atoms with Crippen molar-refractivity contribution in [3.8, 4) is 5.75 Å². The zero-order chi connectivity index (χ0) is 18.7. The van der Waals surface area contributed by atoms with Gasteiger partial charge in [-0.15, -0.1) is 0 Å². The highest BCUT2D eigenvalue weighted by Gasteiger charge is 2.18. The molecule has 0 aromatic heterocycles. The predicted octanol–water partition coefficient (Wildman–Crippen LogP) is 4.81. The highest BCUT2D eigenvalue weighted by Crippen LogP contribution is 2.28. The van der Waals surface area contributed by atoms with Crippen molar-refractivity contribution in [1.29, 1.82) is 0 Å². The molecule has 1 N–H and O–H groups in total. The molecule has 0 heterocycles. The second kappa shape index (κ2) is 7.41. The molecule has 0 saturated carbocycles. The van der Waals surface area contributed by atoms with Gasteiger partial charge < -0.3 is 10.1 Å². The zero-order valence-corrected chi connectivity index (χ0v) is 14.6. The average molecular weight is 371 g/mol. The van der Waals surface area contributed by atoms with E-state index < -0.39 is 16.9 Å². The summed E-state index contributed by atoms with van der Waals surface area (Å²) in [5.41, 5.74) is 0.00608. The molecule has 0 aliphatic carbocycles. The van der Waals surface area contributed by atoms with Gasteiger partial charge in [-0.3, -0.25) is 14.9 Å². The number of ether oxygens (including phenoxy) is 1. The van der Waals surface area contributed by atoms with Crippen molar-refractivity contribution >= 4 is 39.7 Å². The van der Waals surface area contributed by atoms with Gasteiger partial charge in [0, 0.05) is 17.5 Å². The van der Waals surface area contributed by atoms with Gasteiger partial charge in [-0.05, 0) is 24.4 Å². The second-order valence-corrected chi connectivity index (χ2v) is 6.06. The van der Waals surface area contributed by atoms with Crippen LogP contribution in [0.15, 0.2) is 60.7 Å². The molecule has 1 amide bonds. The maximum Gasteiger partial charge on any atom is 0.271 e. The minimum Gasteiger partial charge on any atom is -0.480 e. The fourth-order valence-corrected chi connectivity index (χ4v) is 2.66. The molecule has 0 unspecified atom stereocenters. The Morgan fingerprint density at radius 2 is 1.88 bits per heavy atom. The van der Waals surface area contributed by atoms with Gasteiger partial charge in [-0.25, -0.2) is 0 Å². The SMILES string of the molecule is C[C@@H](Oc1cccc2ccccc12)C(=O)Nc1cc([N+](=O)[O-])ccc1Cl. The summed E-state index contributed by atoms with van der Waals surface area (Å²) in [6, 6.07) is 17.1. The van der Waals surface area contributed by atoms with E-state index >= 15 is 0 Å². The summed E-state index contributed by atoms with van der Waals surface area (Å²) in [5.74, 6) is 0.122. The van der Waals surface area contributed by atoms with Crippen LogP contribution in [0, 0.1) is 10.1 Å². The Morgan fingerprint density at radius 3 is 2.65 bits per heavy atom. The third-order valence-corrected chi connectivity index (χ3v) is 4.17. The lowest BCUT2D eigenvalue weighted by Gasteiger charge is -2.16. The molecule has 0 radical (unpaired) electrons. The lowest BCUT2D eigenvalue weighted by Crippen LogP contribution is -2.30. The number of fused-ring (bicyclic) bond motifs is 1. The molecule has 132 valence electrons. The van der Waals surface area contributed by atoms with Gasteiger partial charge in [0.05, 0.1) is 15.6 Å². The summed E-state index contributed by atoms with van der Waals surface area (Å²) in [6.45, 7) is 1.60. The molecule has 0 spiro atoms. The number of rotatable bonds is 5. The number of hydrogen-bond donors (Lipinski definition) is 1. The minimum atomic E-state index is -0.823. The highest BCUT2D eigenvalue weighted by molar-refractivity contribution is 6.33. The molecular formula is C19H15ClN2O4. The van der Waals surface area contributed by atoms with Crippen molar-refractivity contribution in [2.24, 2.45) is 0 Å². The van der Waals surface area contributed by atoms with Gasteiger partial charge in [-0.1, -0.05) is 48.0 Å². The van der Waals surface area contributed by atoms with Crippen LogP contribution in [0.4, 0.5) is 11.4 Å². The van der Waals surface area contributed by atoms with Crippen LogP contribution in [0.5, 0.6) is 5.75 Å². The number of nitrogens with zero attached hydrogens (tertiary/aromatic N) is 1. The molecule has 3 aromatic rings. The summed E-state index contributed by atoms with van der Waals surface area (Å²) in [5, 5.41) is 15.5. The first kappa shape index (κ1) is 17.7. The molecule has 3 rings (SSSR count). The largest absolute Gasteiger partial charge is 0.480 e. The first-order chi connectivity index (χ1) is 12.5. The second-order valence-electron chi connectivity index (χ2n) is 5.65. The average Bonchev–Trinajstić information content (AvgIpc) is 2.63. The molecular weight excluding hydrogens is 356 g/mol. The molecule has 7 heteroatoms. The fourth-order valence-electron chi connectivity index (χ4n) is 2.50. The summed E-state index contributed by atoms with van der Waals surface area (Å²) in [4.78, 5) is 22.7. The number of benzene rings is 3. The predicted molar refractivity (Wildman–Crippen MR) is 101 cm³/mol. The van der Waals surface area contributed by atoms with Crippen LogP contribution >= 0.6 is 11.6 Å². The number of nitro benzene ring substituents is 1. The summed E-state index contributed by atoms with van der Waals surface area (Å²) in [6.07, 6.45) is -0.823. The van der Waals surface area contributed by atoms with Crippen LogP contribution < -0.4 is 10.1 Å². The number of hydrogen-bond acceptors (Lipinski definition) is 4. The minimum absolute atomic E-state index is 0.160. The lowest BCUT2D eigenvalue weighted by atomic mass is 10.1. The van der Waals surface area contributed by atoms with Crippen molar-refractivity contribution in [3.63, 3.8) is 0 Å². The van der Waals surface area contributed by atoms with Crippen molar-refractivity contribution in [3.05, 3.63) is 75.8 Å². The van der Waals surface area contributed by atoms with E-state index in [0.29, 0.717) is 5.75 Å². The normalized spacial score (nSPS) is 11.8. The number of amides is 1. The Bertz CT molecular complexity index is 985. The number of non-ortho nitro benzene ring substituents is 1. The van der Waals surface area contributed by atoms with E-state index in [4.69, 9.17) is 16.3 Å². The summed E-state index contributed by atoms with van der Waals surface area (Å²) >= 11 is 6.01. The first-order valence-corrected chi connectivity index (χ1v) is 8.23. The molecule has 1 atom stereocenters. The molecule has 0 fully saturated rings. The van der Waals surface area contributed by atoms with Gasteiger partial charge in [0.15, 0.2) is 6.10 Å². The van der Waals surface area contributed by atoms with Crippen molar-refractivity contribution < 1.29 is 14.5 Å². The number of nitro groups is 1. The molecule has 0 aliphatic rings. The van der Waals surface area contributed by atoms with Gasteiger partial charge >= 0.3 is 0 Å². The van der Waals surface area contributed by atoms with Gasteiger partial charge in [0.2, 0.25) is 0 Å². The zero-order valence-electron chi connectivity index (χ0n) is 13.8. The molecule has 0 saturated heterocycles. The highest BCUT2D eigenvalue weighted by atomic mass is 35.5. The number of nitrogens with one attached hydrogen (secondary N) is 1. The Kier molecular flexibility index (Phi) is 5.04. The van der Waals surface area contributed by atoms with Crippen LogP contribution in [0.1, 0.15) is 6.92 Å². The first-order valence-electron chi connectivity index (χ1n) is 7.85. The Labute approximate surface area is 154 Å². The number of carbonyl (C=O) groups excluding carboxylic acids is 1. The van der Waals surface area contributed by atoms with E-state index in [1.165, 1.54) is 18.2 Å². The number of halogens is 1. The lowest BCUT2D eigenvalue weighted by molar-refractivity contribution is -0.384. The van der Waals surface area contributed by atoms with Crippen molar-refractivity contribution in [2.75, 3.05) is 5.32 Å². The molecule has 0 aliphatic heterocycles. The van der Waals surface area contributed by atoms with Crippen LogP contribution in [0.3, 0.4) is 0 Å². The van der Waals surface area contributed by atoms with Crippen LogP contribution in [-0.4, -0.2) is 16.9 Å². The topological polar surface area (TPSA) is 81.5 Å². The van der Waals surface area contributed by atoms with E-state index in [1.54, 1.807) is 13.0 Å². The Balaban J connectivity index is 1.78. The third-order valence-electron chi connectivity index (χ3n) is 3.84. The maximum absolute atomic E-state index is 12.4. The third kappa shape index (κ3) is 3.75. The summed E-state index contributed by atoms with van der Waals surface area (Å²) < 4.78 is 5.79. The smallest absolute Gasteiger partial charge is 0.271 e. The quantitative estimate of drug-likeness (QED) is 0.516. The van der Waals surface area contributed by atoms with Crippen molar-refractivity contribution in [1.82, 2.24) is 0 Å². The van der Waals surface area contributed by atoms with Crippen LogP contribution in [0.2, 0.25) is 5.02 Å². The van der Waals surface area contributed by atoms with E-state index in [0.717, 1.165) is 10.8 Å². The Morgan fingerprint density at radius 1 is 1.15 bits per heavy atom. The van der Waals surface area contributed by atoms with E-state index in [2.05, 4.69) is 5.32 Å². The van der Waals surface area contributed by atoms with E-state index in [1.807, 2.05) is 36.4 Å². The standard InChI is InChI=1S/C19H15ClN2O4/c1-12(26-18-8-4-6-13-5-2-3-7-15(13)18)19(23)21-17-11-14(22(24)25)9-10-16(17)20/h2-12H,1H3,(H,21,23)/t12-/m1/s1. The fraction of sp³-hybridized carbons (Fsp3) is 0.105. The van der Waals surface area contributed by atoms with Gasteiger partial charge in [0.1, 0.15) is 5.75 Å². The van der Waals surface area contributed by atoms with Gasteiger partial charge in [0.25, 0.3) is 11.6 Å². The maximum atomic E-state index is 12.4. The number of anilines is 1. The molecule has 6 nitrogen and oxygen atoms in total. The van der Waals surface area contributed by atoms with E-state index in [-0.39, 0.29) is 16.4 Å². The molecule has 0 bridgehead atoms. The van der Waals surface area contributed by atoms with Gasteiger partial charge in [-0.2, -0.15) is 0 Å². The number of carbonyl (C=O) groups is 1. The molecule has 3 aromatic carbocycles. The van der Waals surface area contributed by atoms with Crippen LogP contribution in [0.25, 0.3) is 10.8 Å². The van der Waals surface area contributed by atoms with E-state index in [9.17, 15) is 14.9 Å². The van der Waals surface area contributed by atoms with Crippen molar-refractivity contribution in [2.45, 2.75) is 13.0 Å². The summed E-state index contributed by atoms with van der Waals surface area (Å²) in [7, 11) is 0. The monoisotopic (exact) mass is 370 g/mol. The van der Waals surface area contributed by atoms with Crippen LogP contribution in [-0.2, 0) is 4.79 Å². The Hall–Kier alpha value is -3.12. The molecule has 26 heavy (non-hydrogen) atoms.